The lowest BCUT2D eigenvalue weighted by atomic mass is 9.96. The number of para-hydroxylation sites is 1. The molecule has 2 amide bonds. The maximum atomic E-state index is 13.5. The van der Waals surface area contributed by atoms with Crippen LogP contribution in [0.2, 0.25) is 5.02 Å². The van der Waals surface area contributed by atoms with Crippen LogP contribution in [-0.4, -0.2) is 112 Å². The Labute approximate surface area is 294 Å². The molecule has 14 nitrogen and oxygen atoms in total. The van der Waals surface area contributed by atoms with Gasteiger partial charge in [0.05, 0.1) is 42.0 Å². The number of urea groups is 1. The summed E-state index contributed by atoms with van der Waals surface area (Å²) in [6.45, 7) is -1.24. The zero-order valence-electron chi connectivity index (χ0n) is 27.1. The molecule has 0 radical (unpaired) electrons. The van der Waals surface area contributed by atoms with E-state index in [2.05, 4.69) is 15.6 Å². The van der Waals surface area contributed by atoms with E-state index in [0.29, 0.717) is 10.6 Å². The first-order chi connectivity index (χ1) is 23.9. The van der Waals surface area contributed by atoms with Crippen LogP contribution >= 0.6 is 11.6 Å². The fourth-order valence-corrected chi connectivity index (χ4v) is 7.54. The lowest BCUT2D eigenvalue weighted by molar-refractivity contribution is -0.113. The fourth-order valence-electron chi connectivity index (χ4n) is 5.79. The molecule has 2 saturated carbocycles. The predicted octanol–water partition coefficient (Wildman–Crippen LogP) is 1.26. The number of aliphatic hydroxyl groups excluding tert-OH is 5. The summed E-state index contributed by atoms with van der Waals surface area (Å²) in [6, 6.07) is 13.1. The maximum absolute atomic E-state index is 13.5. The molecule has 1 aromatic heterocycles. The number of nitrogens with one attached hydrogen (secondary N) is 2. The number of rotatable bonds is 16. The highest BCUT2D eigenvalue weighted by atomic mass is 35.5. The lowest BCUT2D eigenvalue weighted by Gasteiger charge is -2.38. The van der Waals surface area contributed by atoms with Gasteiger partial charge in [0.1, 0.15) is 24.1 Å². The third-order valence-corrected chi connectivity index (χ3v) is 11.3. The van der Waals surface area contributed by atoms with E-state index >= 15 is 0 Å². The van der Waals surface area contributed by atoms with E-state index in [0.717, 1.165) is 48.1 Å². The number of ether oxygens (including phenoxy) is 2. The summed E-state index contributed by atoms with van der Waals surface area (Å²) >= 11 is 6.52. The largest absolute Gasteiger partial charge is 0.490 e. The maximum Gasteiger partial charge on any atom is 0.315 e. The van der Waals surface area contributed by atoms with Gasteiger partial charge in [0, 0.05) is 48.2 Å². The minimum atomic E-state index is -3.93. The van der Waals surface area contributed by atoms with Crippen molar-refractivity contribution in [1.82, 2.24) is 19.9 Å². The van der Waals surface area contributed by atoms with Crippen molar-refractivity contribution in [3.05, 3.63) is 77.1 Å². The van der Waals surface area contributed by atoms with Gasteiger partial charge in [0.25, 0.3) is 0 Å². The van der Waals surface area contributed by atoms with Crippen molar-refractivity contribution in [1.29, 1.82) is 0 Å². The van der Waals surface area contributed by atoms with E-state index in [1.807, 2.05) is 36.5 Å². The Morgan fingerprint density at radius 1 is 1.02 bits per heavy atom. The van der Waals surface area contributed by atoms with Crippen molar-refractivity contribution in [2.75, 3.05) is 26.2 Å². The Bertz CT molecular complexity index is 1790. The summed E-state index contributed by atoms with van der Waals surface area (Å²) in [5.41, 5.74) is 2.76. The summed E-state index contributed by atoms with van der Waals surface area (Å²) in [7, 11) is -3.93. The second kappa shape index (κ2) is 15.1. The predicted molar refractivity (Wildman–Crippen MR) is 181 cm³/mol. The van der Waals surface area contributed by atoms with Crippen LogP contribution in [0.3, 0.4) is 0 Å². The van der Waals surface area contributed by atoms with Crippen molar-refractivity contribution in [2.24, 2.45) is 0 Å². The second-order valence-corrected chi connectivity index (χ2v) is 15.3. The summed E-state index contributed by atoms with van der Waals surface area (Å²) in [5, 5.41) is 53.2. The number of benzene rings is 2. The van der Waals surface area contributed by atoms with E-state index in [9.17, 15) is 33.6 Å². The molecule has 2 aliphatic carbocycles. The molecule has 7 N–H and O–H groups in total. The first-order valence-corrected chi connectivity index (χ1v) is 18.2. The molecular formula is C34H41ClN4O10S. The van der Waals surface area contributed by atoms with Gasteiger partial charge in [-0.25, -0.2) is 13.2 Å². The third-order valence-electron chi connectivity index (χ3n) is 9.15. The molecule has 3 aromatic rings. The number of hydrogen-bond donors (Lipinski definition) is 7. The van der Waals surface area contributed by atoms with Gasteiger partial charge in [-0.15, -0.1) is 0 Å². The smallest absolute Gasteiger partial charge is 0.315 e. The van der Waals surface area contributed by atoms with E-state index < -0.39 is 65.3 Å². The van der Waals surface area contributed by atoms with Crippen LogP contribution in [0.5, 0.6) is 5.75 Å². The Balaban J connectivity index is 1.05. The summed E-state index contributed by atoms with van der Waals surface area (Å²) in [5.74, 6) is 0.814. The molecule has 0 bridgehead atoms. The summed E-state index contributed by atoms with van der Waals surface area (Å²) in [4.78, 5) is 16.7. The topological polar surface area (TPSA) is 211 Å². The zero-order valence-corrected chi connectivity index (χ0v) is 28.6. The standard InChI is InChI=1S/C34H41ClN4O10S/c35-27-8-7-23(50(46,47)39-16-21(17-39)38-33(45)37-15-28(41)31(43)32(44)29(42)18-40)13-20(27)19-48-34(10-11-34)26-14-36-12-9-24(26)25-3-1-2-4-30(25)49-22-5-6-22/h1-4,7-9,12-14,21-22,28-29,31-32,40-44H,5-6,10-11,15-19H2,(H2,37,38,45). The van der Waals surface area contributed by atoms with E-state index in [1.165, 1.54) is 22.5 Å². The average molecular weight is 733 g/mol. The molecule has 0 spiro atoms. The van der Waals surface area contributed by atoms with Crippen LogP contribution < -0.4 is 15.4 Å². The highest BCUT2D eigenvalue weighted by molar-refractivity contribution is 7.89. The molecule has 16 heteroatoms. The Morgan fingerprint density at radius 3 is 2.44 bits per heavy atom. The van der Waals surface area contributed by atoms with Crippen LogP contribution in [0.4, 0.5) is 4.79 Å². The van der Waals surface area contributed by atoms with Crippen LogP contribution in [0.15, 0.2) is 65.8 Å². The van der Waals surface area contributed by atoms with Gasteiger partial charge in [-0.2, -0.15) is 4.31 Å². The molecule has 3 fully saturated rings. The van der Waals surface area contributed by atoms with Crippen molar-refractivity contribution in [3.8, 4) is 16.9 Å². The number of halogens is 1. The molecule has 6 rings (SSSR count). The lowest BCUT2D eigenvalue weighted by Crippen LogP contribution is -2.62. The molecule has 4 atom stereocenters. The van der Waals surface area contributed by atoms with Gasteiger partial charge in [0.15, 0.2) is 0 Å². The normalized spacial score (nSPS) is 19.9. The summed E-state index contributed by atoms with van der Waals surface area (Å²) < 4.78 is 40.8. The van der Waals surface area contributed by atoms with Crippen LogP contribution in [0.25, 0.3) is 11.1 Å². The van der Waals surface area contributed by atoms with Crippen molar-refractivity contribution in [3.63, 3.8) is 0 Å². The first kappa shape index (κ1) is 36.4. The fraction of sp³-hybridized carbons (Fsp3) is 0.471. The number of nitrogens with zero attached hydrogens (tertiary/aromatic N) is 2. The molecular weight excluding hydrogens is 692 g/mol. The number of amides is 2. The average Bonchev–Trinajstić information content (AvgIpc) is 4.05. The van der Waals surface area contributed by atoms with Gasteiger partial charge in [-0.3, -0.25) is 4.98 Å². The number of hydrogen-bond acceptors (Lipinski definition) is 11. The van der Waals surface area contributed by atoms with Gasteiger partial charge in [0.2, 0.25) is 10.0 Å². The minimum Gasteiger partial charge on any atom is -0.490 e. The van der Waals surface area contributed by atoms with Crippen LogP contribution in [-0.2, 0) is 27.0 Å². The number of carbonyl (C=O) groups excluding carboxylic acids is 1. The molecule has 1 aliphatic heterocycles. The van der Waals surface area contributed by atoms with Gasteiger partial charge in [-0.1, -0.05) is 29.8 Å². The quantitative estimate of drug-likeness (QED) is 0.111. The van der Waals surface area contributed by atoms with Crippen LogP contribution in [0, 0.1) is 0 Å². The number of carbonyl (C=O) groups is 1. The van der Waals surface area contributed by atoms with Crippen LogP contribution in [0.1, 0.15) is 36.8 Å². The highest BCUT2D eigenvalue weighted by Gasteiger charge is 2.48. The molecule has 1 saturated heterocycles. The number of sulfonamides is 1. The Kier molecular flexibility index (Phi) is 11.0. The summed E-state index contributed by atoms with van der Waals surface area (Å²) in [6.07, 6.45) is 0.438. The van der Waals surface area contributed by atoms with E-state index in [1.54, 1.807) is 6.20 Å². The molecule has 270 valence electrons. The molecule has 2 heterocycles. The van der Waals surface area contributed by atoms with E-state index in [4.69, 9.17) is 26.2 Å². The third kappa shape index (κ3) is 8.06. The number of aromatic nitrogens is 1. The van der Waals surface area contributed by atoms with E-state index in [-0.39, 0.29) is 30.7 Å². The molecule has 2 aromatic carbocycles. The first-order valence-electron chi connectivity index (χ1n) is 16.4. The molecule has 3 aliphatic rings. The Hall–Kier alpha value is -3.38. The monoisotopic (exact) mass is 732 g/mol. The Morgan fingerprint density at radius 2 is 1.74 bits per heavy atom. The highest BCUT2D eigenvalue weighted by Crippen LogP contribution is 2.53. The van der Waals surface area contributed by atoms with Gasteiger partial charge in [-0.05, 0) is 67.1 Å². The van der Waals surface area contributed by atoms with Crippen molar-refractivity contribution < 1.29 is 48.2 Å². The van der Waals surface area contributed by atoms with Crippen molar-refractivity contribution >= 4 is 27.7 Å². The SMILES string of the molecule is O=C(NCC(O)C(O)C(O)C(O)CO)NC1CN(S(=O)(=O)c2ccc(Cl)c(COC3(c4cnccc4-c4ccccc4OC4CC4)CC3)c2)C1. The molecule has 50 heavy (non-hydrogen) atoms. The number of pyridine rings is 1. The van der Waals surface area contributed by atoms with Crippen molar-refractivity contribution in [2.45, 2.75) is 79.3 Å². The number of aliphatic hydroxyl groups is 5. The van der Waals surface area contributed by atoms with Gasteiger partial charge < -0.3 is 45.6 Å². The van der Waals surface area contributed by atoms with Gasteiger partial charge >= 0.3 is 6.03 Å². The minimum absolute atomic E-state index is 0.00434. The molecule has 4 unspecified atom stereocenters. The zero-order chi connectivity index (χ0) is 35.6. The second-order valence-electron chi connectivity index (χ2n) is 12.9.